The Bertz CT molecular complexity index is 480. The molecular formula is C11H18BrNO3S2. The van der Waals surface area contributed by atoms with Gasteiger partial charge in [0.15, 0.2) is 0 Å². The maximum atomic E-state index is 12.1. The van der Waals surface area contributed by atoms with E-state index in [0.29, 0.717) is 21.1 Å². The van der Waals surface area contributed by atoms with Gasteiger partial charge in [-0.1, -0.05) is 26.7 Å². The van der Waals surface area contributed by atoms with Gasteiger partial charge in [0.2, 0.25) is 10.0 Å². The summed E-state index contributed by atoms with van der Waals surface area (Å²) in [7, 11) is -3.49. The molecule has 1 heterocycles. The lowest BCUT2D eigenvalue weighted by Gasteiger charge is -2.13. The average molecular weight is 356 g/mol. The van der Waals surface area contributed by atoms with Crippen LogP contribution in [0.3, 0.4) is 0 Å². The van der Waals surface area contributed by atoms with E-state index in [1.54, 1.807) is 0 Å². The molecule has 7 heteroatoms. The topological polar surface area (TPSA) is 66.4 Å². The van der Waals surface area contributed by atoms with E-state index < -0.39 is 10.0 Å². The molecule has 18 heavy (non-hydrogen) atoms. The van der Waals surface area contributed by atoms with Crippen LogP contribution < -0.4 is 4.72 Å². The molecule has 1 rings (SSSR count). The predicted octanol–water partition coefficient (Wildman–Crippen LogP) is 2.72. The second-order valence-corrected chi connectivity index (χ2v) is 8.23. The first-order valence-electron chi connectivity index (χ1n) is 5.83. The Morgan fingerprint density at radius 2 is 2.06 bits per heavy atom. The number of aliphatic hydroxyl groups excluding tert-OH is 1. The van der Waals surface area contributed by atoms with Gasteiger partial charge in [-0.05, 0) is 27.9 Å². The van der Waals surface area contributed by atoms with Gasteiger partial charge in [0, 0.05) is 11.4 Å². The Morgan fingerprint density at radius 3 is 2.50 bits per heavy atom. The van der Waals surface area contributed by atoms with E-state index in [2.05, 4.69) is 20.7 Å². The number of sulfonamides is 1. The van der Waals surface area contributed by atoms with Gasteiger partial charge in [-0.15, -0.1) is 11.3 Å². The highest BCUT2D eigenvalue weighted by molar-refractivity contribution is 9.11. The van der Waals surface area contributed by atoms with Gasteiger partial charge in [0.1, 0.15) is 4.90 Å². The van der Waals surface area contributed by atoms with Crippen molar-refractivity contribution in [1.29, 1.82) is 0 Å². The predicted molar refractivity (Wildman–Crippen MR) is 77.2 cm³/mol. The highest BCUT2D eigenvalue weighted by Gasteiger charge is 2.21. The van der Waals surface area contributed by atoms with E-state index in [4.69, 9.17) is 5.11 Å². The fourth-order valence-electron chi connectivity index (χ4n) is 1.54. The average Bonchev–Trinajstić information content (AvgIpc) is 2.72. The summed E-state index contributed by atoms with van der Waals surface area (Å²) in [5, 5.41) is 9.01. The third-order valence-corrected chi connectivity index (χ3v) is 6.53. The smallest absolute Gasteiger partial charge is 0.242 e. The fraction of sp³-hybridized carbons (Fsp3) is 0.636. The molecule has 1 aromatic rings. The van der Waals surface area contributed by atoms with Crippen LogP contribution in [0.5, 0.6) is 0 Å². The second kappa shape index (κ2) is 7.00. The molecule has 0 fully saturated rings. The van der Waals surface area contributed by atoms with Crippen LogP contribution in [-0.2, 0) is 16.6 Å². The van der Waals surface area contributed by atoms with E-state index in [0.717, 1.165) is 12.8 Å². The number of hydrogen-bond donors (Lipinski definition) is 2. The highest BCUT2D eigenvalue weighted by atomic mass is 79.9. The molecule has 0 aliphatic rings. The molecule has 0 aliphatic carbocycles. The minimum atomic E-state index is -3.49. The molecular weight excluding hydrogens is 338 g/mol. The first-order valence-corrected chi connectivity index (χ1v) is 8.92. The summed E-state index contributed by atoms with van der Waals surface area (Å²) in [4.78, 5) is 0.840. The molecule has 0 saturated heterocycles. The Hall–Kier alpha value is 0.0500. The van der Waals surface area contributed by atoms with E-state index in [9.17, 15) is 8.42 Å². The summed E-state index contributed by atoms with van der Waals surface area (Å²) in [5.41, 5.74) is 0. The molecule has 2 N–H and O–H groups in total. The lowest BCUT2D eigenvalue weighted by atomic mass is 10.0. The largest absolute Gasteiger partial charge is 0.391 e. The van der Waals surface area contributed by atoms with Crippen LogP contribution in [0.2, 0.25) is 0 Å². The summed E-state index contributed by atoms with van der Waals surface area (Å²) >= 11 is 4.46. The van der Waals surface area contributed by atoms with Gasteiger partial charge in [0.05, 0.1) is 10.4 Å². The zero-order valence-corrected chi connectivity index (χ0v) is 13.7. The summed E-state index contributed by atoms with van der Waals surface area (Å²) in [6.07, 6.45) is 1.90. The molecule has 0 amide bonds. The number of thiophene rings is 1. The van der Waals surface area contributed by atoms with Gasteiger partial charge < -0.3 is 5.11 Å². The monoisotopic (exact) mass is 355 g/mol. The van der Waals surface area contributed by atoms with Crippen molar-refractivity contribution in [2.45, 2.75) is 38.2 Å². The van der Waals surface area contributed by atoms with Gasteiger partial charge in [-0.3, -0.25) is 0 Å². The van der Waals surface area contributed by atoms with Crippen molar-refractivity contribution in [3.05, 3.63) is 14.7 Å². The quantitative estimate of drug-likeness (QED) is 0.790. The molecule has 0 radical (unpaired) electrons. The van der Waals surface area contributed by atoms with Crippen molar-refractivity contribution in [3.63, 3.8) is 0 Å². The van der Waals surface area contributed by atoms with Crippen LogP contribution in [0, 0.1) is 5.92 Å². The molecule has 0 unspecified atom stereocenters. The van der Waals surface area contributed by atoms with Gasteiger partial charge >= 0.3 is 0 Å². The fourth-order valence-corrected chi connectivity index (χ4v) is 5.20. The molecule has 0 spiro atoms. The summed E-state index contributed by atoms with van der Waals surface area (Å²) in [6, 6.07) is 1.50. The van der Waals surface area contributed by atoms with Crippen molar-refractivity contribution < 1.29 is 13.5 Å². The van der Waals surface area contributed by atoms with Gasteiger partial charge in [-0.2, -0.15) is 0 Å². The minimum absolute atomic E-state index is 0.147. The van der Waals surface area contributed by atoms with Crippen molar-refractivity contribution in [3.8, 4) is 0 Å². The van der Waals surface area contributed by atoms with Crippen LogP contribution in [0.25, 0.3) is 0 Å². The number of rotatable bonds is 7. The molecule has 104 valence electrons. The van der Waals surface area contributed by atoms with Crippen LogP contribution in [0.4, 0.5) is 0 Å². The normalized spacial score (nSPS) is 12.3. The zero-order chi connectivity index (χ0) is 13.8. The molecule has 0 atom stereocenters. The third-order valence-electron chi connectivity index (χ3n) is 2.87. The Balaban J connectivity index is 2.82. The van der Waals surface area contributed by atoms with E-state index in [-0.39, 0.29) is 11.5 Å². The maximum absolute atomic E-state index is 12.1. The summed E-state index contributed by atoms with van der Waals surface area (Å²) in [6.45, 7) is 4.40. The molecule has 0 saturated carbocycles. The number of hydrogen-bond acceptors (Lipinski definition) is 4. The number of aliphatic hydroxyl groups is 1. The van der Waals surface area contributed by atoms with E-state index in [1.807, 2.05) is 13.8 Å². The van der Waals surface area contributed by atoms with Crippen LogP contribution in [0.15, 0.2) is 14.7 Å². The van der Waals surface area contributed by atoms with Crippen molar-refractivity contribution in [2.75, 3.05) is 6.54 Å². The maximum Gasteiger partial charge on any atom is 0.242 e. The van der Waals surface area contributed by atoms with Gasteiger partial charge in [0.25, 0.3) is 0 Å². The van der Waals surface area contributed by atoms with E-state index in [1.165, 1.54) is 17.4 Å². The Morgan fingerprint density at radius 1 is 1.44 bits per heavy atom. The van der Waals surface area contributed by atoms with Crippen molar-refractivity contribution >= 4 is 37.3 Å². The third kappa shape index (κ3) is 4.03. The van der Waals surface area contributed by atoms with Crippen molar-refractivity contribution in [2.24, 2.45) is 5.92 Å². The van der Waals surface area contributed by atoms with E-state index >= 15 is 0 Å². The lowest BCUT2D eigenvalue weighted by molar-refractivity contribution is 0.285. The summed E-state index contributed by atoms with van der Waals surface area (Å²) in [5.74, 6) is 0.356. The molecule has 4 nitrogen and oxygen atoms in total. The van der Waals surface area contributed by atoms with Gasteiger partial charge in [-0.25, -0.2) is 13.1 Å². The number of nitrogens with one attached hydrogen (secondary N) is 1. The molecule has 1 aromatic heterocycles. The second-order valence-electron chi connectivity index (χ2n) is 4.04. The first kappa shape index (κ1) is 16.1. The molecule has 0 bridgehead atoms. The molecule has 0 aromatic carbocycles. The van der Waals surface area contributed by atoms with Crippen LogP contribution in [0.1, 0.15) is 31.6 Å². The Kier molecular flexibility index (Phi) is 6.26. The van der Waals surface area contributed by atoms with Crippen molar-refractivity contribution in [1.82, 2.24) is 4.72 Å². The molecule has 0 aliphatic heterocycles. The highest BCUT2D eigenvalue weighted by Crippen LogP contribution is 2.31. The zero-order valence-electron chi connectivity index (χ0n) is 10.4. The van der Waals surface area contributed by atoms with Crippen LogP contribution >= 0.6 is 27.3 Å². The minimum Gasteiger partial charge on any atom is -0.391 e. The lowest BCUT2D eigenvalue weighted by Crippen LogP contribution is -2.29. The number of halogens is 1. The SMILES string of the molecule is CCC(CC)CNS(=O)(=O)c1cc(CO)sc1Br. The first-order chi connectivity index (χ1) is 8.44. The Labute approximate surface area is 121 Å². The summed E-state index contributed by atoms with van der Waals surface area (Å²) < 4.78 is 27.4. The standard InChI is InChI=1S/C11H18BrNO3S2/c1-3-8(4-2)6-13-18(15,16)10-5-9(7-14)17-11(10)12/h5,8,13-14H,3-4,6-7H2,1-2H3. The van der Waals surface area contributed by atoms with Crippen LogP contribution in [-0.4, -0.2) is 20.1 Å².